The number of ether oxygens (including phenoxy) is 3. The van der Waals surface area contributed by atoms with E-state index in [-0.39, 0.29) is 11.5 Å². The Bertz CT molecular complexity index is 734. The van der Waals surface area contributed by atoms with Crippen LogP contribution < -0.4 is 10.1 Å². The van der Waals surface area contributed by atoms with Gasteiger partial charge in [-0.15, -0.1) is 0 Å². The van der Waals surface area contributed by atoms with E-state index in [0.29, 0.717) is 13.2 Å². The van der Waals surface area contributed by atoms with Gasteiger partial charge in [-0.1, -0.05) is 32.9 Å². The number of hydrogen-bond acceptors (Lipinski definition) is 6. The number of benzene rings is 1. The highest BCUT2D eigenvalue weighted by Crippen LogP contribution is 2.36. The van der Waals surface area contributed by atoms with Crippen molar-refractivity contribution in [3.05, 3.63) is 29.8 Å². The molecule has 32 heavy (non-hydrogen) atoms. The van der Waals surface area contributed by atoms with Crippen LogP contribution in [-0.4, -0.2) is 52.3 Å². The van der Waals surface area contributed by atoms with Gasteiger partial charge in [-0.3, -0.25) is 0 Å². The van der Waals surface area contributed by atoms with Gasteiger partial charge in [-0.05, 0) is 56.6 Å². The Morgan fingerprint density at radius 2 is 1.59 bits per heavy atom. The zero-order chi connectivity index (χ0) is 24.6. The van der Waals surface area contributed by atoms with E-state index in [0.717, 1.165) is 17.7 Å². The van der Waals surface area contributed by atoms with Crippen molar-refractivity contribution >= 4 is 20.4 Å². The summed E-state index contributed by atoms with van der Waals surface area (Å²) in [6.45, 7) is 17.7. The number of amides is 1. The summed E-state index contributed by atoms with van der Waals surface area (Å²) in [7, 11) is -0.438. The summed E-state index contributed by atoms with van der Waals surface area (Å²) in [6, 6.07) is 6.61. The molecule has 0 unspecified atom stereocenters. The second-order valence-electron chi connectivity index (χ2n) is 10.4. The van der Waals surface area contributed by atoms with Gasteiger partial charge in [-0.2, -0.15) is 0 Å². The molecule has 0 aliphatic carbocycles. The first-order chi connectivity index (χ1) is 14.6. The molecule has 0 saturated carbocycles. The predicted octanol–water partition coefficient (Wildman–Crippen LogP) is 5.09. The molecular formula is C24H41NO6Si. The zero-order valence-electron chi connectivity index (χ0n) is 21.2. The average molecular weight is 468 g/mol. The lowest BCUT2D eigenvalue weighted by Gasteiger charge is -2.36. The fraction of sp³-hybridized carbons (Fsp3) is 0.667. The lowest BCUT2D eigenvalue weighted by Crippen LogP contribution is -2.45. The number of carbonyl (C=O) groups is 2. The van der Waals surface area contributed by atoms with Gasteiger partial charge in [0.05, 0.1) is 13.7 Å². The fourth-order valence-electron chi connectivity index (χ4n) is 2.54. The molecule has 8 heteroatoms. The molecule has 0 spiro atoms. The van der Waals surface area contributed by atoms with Crippen molar-refractivity contribution < 1.29 is 28.2 Å². The van der Waals surface area contributed by atoms with Gasteiger partial charge in [0.2, 0.25) is 0 Å². The highest BCUT2D eigenvalue weighted by molar-refractivity contribution is 6.74. The van der Waals surface area contributed by atoms with Crippen molar-refractivity contribution in [2.45, 2.75) is 84.2 Å². The van der Waals surface area contributed by atoms with Crippen LogP contribution in [0.25, 0.3) is 0 Å². The first kappa shape index (κ1) is 28.0. The van der Waals surface area contributed by atoms with E-state index >= 15 is 0 Å². The standard InChI is InChI=1S/C24H41NO6Si/c1-23(2,3)31-22(27)25-20(21(26)28-7)17-18-11-13-19(14-12-18)29-15-10-16-30-32(8,9)24(4,5)6/h11-14,20H,10,15-17H2,1-9H3,(H,25,27)/t20-/m0/s1. The first-order valence-corrected chi connectivity index (χ1v) is 14.0. The molecule has 0 heterocycles. The molecule has 1 atom stereocenters. The van der Waals surface area contributed by atoms with Gasteiger partial charge in [0, 0.05) is 19.4 Å². The van der Waals surface area contributed by atoms with E-state index in [4.69, 9.17) is 18.6 Å². The van der Waals surface area contributed by atoms with Crippen molar-refractivity contribution in [3.8, 4) is 5.75 Å². The van der Waals surface area contributed by atoms with Crippen molar-refractivity contribution in [3.63, 3.8) is 0 Å². The third-order valence-corrected chi connectivity index (χ3v) is 9.90. The van der Waals surface area contributed by atoms with E-state index in [1.807, 2.05) is 24.3 Å². The van der Waals surface area contributed by atoms with Crippen LogP contribution in [0.5, 0.6) is 5.75 Å². The molecule has 0 fully saturated rings. The van der Waals surface area contributed by atoms with Gasteiger partial charge >= 0.3 is 12.1 Å². The van der Waals surface area contributed by atoms with Gasteiger partial charge in [-0.25, -0.2) is 9.59 Å². The summed E-state index contributed by atoms with van der Waals surface area (Å²) in [4.78, 5) is 24.1. The second kappa shape index (κ2) is 11.7. The van der Waals surface area contributed by atoms with E-state index in [9.17, 15) is 9.59 Å². The van der Waals surface area contributed by atoms with Crippen LogP contribution in [0.1, 0.15) is 53.5 Å². The SMILES string of the molecule is COC(=O)[C@H](Cc1ccc(OCCCO[Si](C)(C)C(C)(C)C)cc1)NC(=O)OC(C)(C)C. The summed E-state index contributed by atoms with van der Waals surface area (Å²) >= 11 is 0. The topological polar surface area (TPSA) is 83.1 Å². The van der Waals surface area contributed by atoms with Crippen molar-refractivity contribution in [1.82, 2.24) is 5.32 Å². The normalized spacial score (nSPS) is 13.3. The minimum atomic E-state index is -1.73. The Labute approximate surface area is 194 Å². The molecule has 182 valence electrons. The predicted molar refractivity (Wildman–Crippen MR) is 129 cm³/mol. The van der Waals surface area contributed by atoms with Crippen LogP contribution in [0.2, 0.25) is 18.1 Å². The molecule has 0 bridgehead atoms. The lowest BCUT2D eigenvalue weighted by molar-refractivity contribution is -0.143. The van der Waals surface area contributed by atoms with Gasteiger partial charge < -0.3 is 24.0 Å². The molecule has 1 amide bonds. The fourth-order valence-corrected chi connectivity index (χ4v) is 3.62. The Morgan fingerprint density at radius 3 is 2.09 bits per heavy atom. The third-order valence-electron chi connectivity index (χ3n) is 5.37. The Balaban J connectivity index is 2.55. The third kappa shape index (κ3) is 10.0. The van der Waals surface area contributed by atoms with Crippen molar-refractivity contribution in [1.29, 1.82) is 0 Å². The molecule has 0 saturated heterocycles. The monoisotopic (exact) mass is 467 g/mol. The van der Waals surface area contributed by atoms with E-state index in [1.165, 1.54) is 7.11 Å². The van der Waals surface area contributed by atoms with Crippen LogP contribution in [0, 0.1) is 0 Å². The summed E-state index contributed by atoms with van der Waals surface area (Å²) in [6.07, 6.45) is 0.443. The molecule has 7 nitrogen and oxygen atoms in total. The molecule has 1 N–H and O–H groups in total. The van der Waals surface area contributed by atoms with Crippen molar-refractivity contribution in [2.75, 3.05) is 20.3 Å². The average Bonchev–Trinajstić information content (AvgIpc) is 2.65. The van der Waals surface area contributed by atoms with E-state index < -0.39 is 32.0 Å². The van der Waals surface area contributed by atoms with E-state index in [1.54, 1.807) is 20.8 Å². The van der Waals surface area contributed by atoms with Gasteiger partial charge in [0.25, 0.3) is 0 Å². The highest BCUT2D eigenvalue weighted by atomic mass is 28.4. The first-order valence-electron chi connectivity index (χ1n) is 11.1. The van der Waals surface area contributed by atoms with Crippen LogP contribution in [0.3, 0.4) is 0 Å². The molecule has 0 aliphatic heterocycles. The number of rotatable bonds is 10. The van der Waals surface area contributed by atoms with E-state index in [2.05, 4.69) is 39.2 Å². The summed E-state index contributed by atoms with van der Waals surface area (Å²) in [5.74, 6) is 0.216. The van der Waals surface area contributed by atoms with Gasteiger partial charge in [0.1, 0.15) is 17.4 Å². The largest absolute Gasteiger partial charge is 0.494 e. The summed E-state index contributed by atoms with van der Waals surface area (Å²) < 4.78 is 22.0. The second-order valence-corrected chi connectivity index (χ2v) is 15.2. The molecule has 1 aromatic rings. The zero-order valence-corrected chi connectivity index (χ0v) is 22.2. The Hall–Kier alpha value is -2.06. The number of hydrogen-bond donors (Lipinski definition) is 1. The van der Waals surface area contributed by atoms with Crippen molar-refractivity contribution in [2.24, 2.45) is 0 Å². The number of methoxy groups -OCH3 is 1. The molecule has 0 radical (unpaired) electrons. The molecule has 0 aromatic heterocycles. The summed E-state index contributed by atoms with van der Waals surface area (Å²) in [5, 5.41) is 2.78. The summed E-state index contributed by atoms with van der Waals surface area (Å²) in [5.41, 5.74) is 0.212. The van der Waals surface area contributed by atoms with Crippen LogP contribution in [0.15, 0.2) is 24.3 Å². The maximum absolute atomic E-state index is 12.1. The quantitative estimate of drug-likeness (QED) is 0.293. The maximum Gasteiger partial charge on any atom is 0.408 e. The minimum absolute atomic E-state index is 0.198. The lowest BCUT2D eigenvalue weighted by atomic mass is 10.1. The molecular weight excluding hydrogens is 426 g/mol. The Morgan fingerprint density at radius 1 is 1.00 bits per heavy atom. The van der Waals surface area contributed by atoms with Crippen LogP contribution >= 0.6 is 0 Å². The Kier molecular flexibility index (Phi) is 10.2. The number of carbonyl (C=O) groups excluding carboxylic acids is 2. The molecule has 1 rings (SSSR count). The van der Waals surface area contributed by atoms with Gasteiger partial charge in [0.15, 0.2) is 8.32 Å². The number of alkyl carbamates (subject to hydrolysis) is 1. The number of esters is 1. The molecule has 0 aliphatic rings. The van der Waals surface area contributed by atoms with Crippen LogP contribution in [0.4, 0.5) is 4.79 Å². The van der Waals surface area contributed by atoms with Crippen LogP contribution in [-0.2, 0) is 25.1 Å². The maximum atomic E-state index is 12.1. The molecule has 1 aromatic carbocycles. The number of nitrogens with one attached hydrogen (secondary N) is 1. The minimum Gasteiger partial charge on any atom is -0.494 e. The highest BCUT2D eigenvalue weighted by Gasteiger charge is 2.36. The smallest absolute Gasteiger partial charge is 0.408 e.